The molecule has 1 aromatic carbocycles. The highest BCUT2D eigenvalue weighted by Gasteiger charge is 2.17. The van der Waals surface area contributed by atoms with Crippen molar-refractivity contribution in [2.24, 2.45) is 5.10 Å². The smallest absolute Gasteiger partial charge is 0.247 e. The number of amides is 1. The number of benzene rings is 1. The highest BCUT2D eigenvalue weighted by atomic mass is 35.5. The lowest BCUT2D eigenvalue weighted by Crippen LogP contribution is -2.12. The number of hydrogen-bond donors (Lipinski definition) is 2. The van der Waals surface area contributed by atoms with Crippen LogP contribution in [0.2, 0.25) is 15.1 Å². The zero-order valence-electron chi connectivity index (χ0n) is 7.85. The average molecular weight is 279 g/mol. The van der Waals surface area contributed by atoms with Gasteiger partial charge in [0.1, 0.15) is 5.84 Å². The molecule has 0 saturated carbocycles. The Morgan fingerprint density at radius 3 is 2.38 bits per heavy atom. The van der Waals surface area contributed by atoms with Crippen molar-refractivity contribution in [2.75, 3.05) is 5.32 Å². The van der Waals surface area contributed by atoms with Gasteiger partial charge >= 0.3 is 0 Å². The number of nitrogens with zero attached hydrogens (tertiary/aromatic N) is 1. The van der Waals surface area contributed by atoms with E-state index in [-0.39, 0.29) is 12.3 Å². The van der Waals surface area contributed by atoms with E-state index in [4.69, 9.17) is 34.8 Å². The summed E-state index contributed by atoms with van der Waals surface area (Å²) in [6.45, 7) is 0. The molecule has 2 rings (SSSR count). The maximum absolute atomic E-state index is 10.9. The molecule has 0 spiro atoms. The van der Waals surface area contributed by atoms with Crippen LogP contribution in [0.3, 0.4) is 0 Å². The molecule has 0 aliphatic carbocycles. The summed E-state index contributed by atoms with van der Waals surface area (Å²) < 4.78 is 0. The molecule has 16 heavy (non-hydrogen) atoms. The summed E-state index contributed by atoms with van der Waals surface area (Å²) in [6.07, 6.45) is 0.176. The quantitative estimate of drug-likeness (QED) is 0.830. The number of nitrogens with one attached hydrogen (secondary N) is 2. The predicted molar refractivity (Wildman–Crippen MR) is 65.3 cm³/mol. The molecule has 0 radical (unpaired) electrons. The molecule has 2 N–H and O–H groups in total. The molecule has 0 saturated heterocycles. The molecule has 0 unspecified atom stereocenters. The van der Waals surface area contributed by atoms with Crippen molar-refractivity contribution >= 4 is 52.2 Å². The van der Waals surface area contributed by atoms with Gasteiger partial charge in [-0.1, -0.05) is 34.8 Å². The Labute approximate surface area is 107 Å². The van der Waals surface area contributed by atoms with Gasteiger partial charge in [-0.15, -0.1) is 0 Å². The molecule has 1 amide bonds. The Morgan fingerprint density at radius 2 is 1.88 bits per heavy atom. The van der Waals surface area contributed by atoms with E-state index < -0.39 is 0 Å². The summed E-state index contributed by atoms with van der Waals surface area (Å²) in [5.74, 6) is 0.292. The Morgan fingerprint density at radius 1 is 1.25 bits per heavy atom. The molecule has 4 nitrogen and oxygen atoms in total. The second-order valence-corrected chi connectivity index (χ2v) is 4.39. The van der Waals surface area contributed by atoms with Gasteiger partial charge in [0.2, 0.25) is 5.91 Å². The molecule has 1 aromatic rings. The van der Waals surface area contributed by atoms with Crippen molar-refractivity contribution in [3.05, 3.63) is 27.2 Å². The van der Waals surface area contributed by atoms with Gasteiger partial charge in [-0.25, -0.2) is 5.43 Å². The summed E-state index contributed by atoms with van der Waals surface area (Å²) in [6, 6.07) is 3.12. The minimum absolute atomic E-state index is 0.176. The monoisotopic (exact) mass is 277 g/mol. The SMILES string of the molecule is O=C1CC(Nc2c(Cl)cc(Cl)cc2Cl)=NN1. The van der Waals surface area contributed by atoms with Crippen LogP contribution in [0.5, 0.6) is 0 Å². The third-order valence-corrected chi connectivity index (χ3v) is 2.73. The molecular weight excluding hydrogens is 272 g/mol. The fourth-order valence-electron chi connectivity index (χ4n) is 1.24. The van der Waals surface area contributed by atoms with Gasteiger partial charge < -0.3 is 5.32 Å². The second-order valence-electron chi connectivity index (χ2n) is 3.14. The van der Waals surface area contributed by atoms with E-state index >= 15 is 0 Å². The minimum Gasteiger partial charge on any atom is -0.339 e. The third-order valence-electron chi connectivity index (χ3n) is 1.92. The van der Waals surface area contributed by atoms with Crippen molar-refractivity contribution in [3.63, 3.8) is 0 Å². The zero-order valence-corrected chi connectivity index (χ0v) is 10.1. The number of anilines is 1. The minimum atomic E-state index is -0.177. The maximum atomic E-state index is 10.9. The number of hydrazone groups is 1. The van der Waals surface area contributed by atoms with Gasteiger partial charge in [-0.2, -0.15) is 5.10 Å². The summed E-state index contributed by atoms with van der Waals surface area (Å²) >= 11 is 17.7. The fraction of sp³-hybridized carbons (Fsp3) is 0.111. The van der Waals surface area contributed by atoms with Crippen LogP contribution in [-0.4, -0.2) is 11.7 Å². The van der Waals surface area contributed by atoms with Crippen LogP contribution in [0.15, 0.2) is 17.2 Å². The van der Waals surface area contributed by atoms with Crippen molar-refractivity contribution < 1.29 is 4.79 Å². The van der Waals surface area contributed by atoms with E-state index in [0.29, 0.717) is 26.6 Å². The highest BCUT2D eigenvalue weighted by molar-refractivity contribution is 6.42. The first kappa shape index (κ1) is 11.5. The van der Waals surface area contributed by atoms with Gasteiger partial charge in [0.15, 0.2) is 0 Å². The van der Waals surface area contributed by atoms with E-state index in [9.17, 15) is 4.79 Å². The first-order valence-electron chi connectivity index (χ1n) is 4.33. The molecule has 0 bridgehead atoms. The van der Waals surface area contributed by atoms with Crippen LogP contribution >= 0.6 is 34.8 Å². The van der Waals surface area contributed by atoms with Gasteiger partial charge in [-0.05, 0) is 12.1 Å². The maximum Gasteiger partial charge on any atom is 0.247 e. The average Bonchev–Trinajstić information content (AvgIpc) is 2.58. The van der Waals surface area contributed by atoms with Gasteiger partial charge in [0, 0.05) is 5.02 Å². The topological polar surface area (TPSA) is 53.5 Å². The number of carbonyl (C=O) groups is 1. The van der Waals surface area contributed by atoms with Crippen LogP contribution in [0.4, 0.5) is 5.69 Å². The molecular formula is C9H6Cl3N3O. The van der Waals surface area contributed by atoms with Crippen LogP contribution in [-0.2, 0) is 4.79 Å². The lowest BCUT2D eigenvalue weighted by Gasteiger charge is -2.09. The van der Waals surface area contributed by atoms with Crippen LogP contribution in [0.25, 0.3) is 0 Å². The van der Waals surface area contributed by atoms with Crippen molar-refractivity contribution in [3.8, 4) is 0 Å². The Hall–Kier alpha value is -0.970. The summed E-state index contributed by atoms with van der Waals surface area (Å²) in [4.78, 5) is 10.9. The number of amidine groups is 1. The summed E-state index contributed by atoms with van der Waals surface area (Å²) in [7, 11) is 0. The molecule has 84 valence electrons. The molecule has 0 fully saturated rings. The third kappa shape index (κ3) is 2.40. The van der Waals surface area contributed by atoms with Crippen LogP contribution in [0.1, 0.15) is 6.42 Å². The van der Waals surface area contributed by atoms with Crippen molar-refractivity contribution in [1.29, 1.82) is 0 Å². The second kappa shape index (κ2) is 4.49. The molecule has 0 atom stereocenters. The zero-order chi connectivity index (χ0) is 11.7. The van der Waals surface area contributed by atoms with Crippen LogP contribution in [0, 0.1) is 0 Å². The van der Waals surface area contributed by atoms with E-state index in [1.165, 1.54) is 0 Å². The van der Waals surface area contributed by atoms with Crippen LogP contribution < -0.4 is 10.7 Å². The molecule has 7 heteroatoms. The molecule has 1 aliphatic rings. The fourth-order valence-corrected chi connectivity index (χ4v) is 2.15. The molecule has 1 aliphatic heterocycles. The largest absolute Gasteiger partial charge is 0.339 e. The first-order valence-corrected chi connectivity index (χ1v) is 5.46. The van der Waals surface area contributed by atoms with Crippen molar-refractivity contribution in [1.82, 2.24) is 5.43 Å². The van der Waals surface area contributed by atoms with E-state index in [1.807, 2.05) is 0 Å². The van der Waals surface area contributed by atoms with E-state index in [0.717, 1.165) is 0 Å². The molecule has 1 heterocycles. The highest BCUT2D eigenvalue weighted by Crippen LogP contribution is 2.33. The summed E-state index contributed by atoms with van der Waals surface area (Å²) in [5.41, 5.74) is 2.80. The van der Waals surface area contributed by atoms with E-state index in [2.05, 4.69) is 15.8 Å². The van der Waals surface area contributed by atoms with Gasteiger partial charge in [0.05, 0.1) is 22.2 Å². The Kier molecular flexibility index (Phi) is 3.23. The first-order chi connectivity index (χ1) is 7.56. The standard InChI is InChI=1S/C9H6Cl3N3O/c10-4-1-5(11)9(6(12)2-4)13-7-3-8(16)15-14-7/h1-2H,3H2,(H,13,14)(H,15,16). The number of hydrogen-bond acceptors (Lipinski definition) is 3. The summed E-state index contributed by atoms with van der Waals surface area (Å²) in [5, 5.41) is 7.85. The predicted octanol–water partition coefficient (Wildman–Crippen LogP) is 2.89. The Balaban J connectivity index is 2.25. The van der Waals surface area contributed by atoms with Gasteiger partial charge in [-0.3, -0.25) is 4.79 Å². The number of halogens is 3. The number of carbonyl (C=O) groups excluding carboxylic acids is 1. The van der Waals surface area contributed by atoms with E-state index in [1.54, 1.807) is 12.1 Å². The normalized spacial score (nSPS) is 14.7. The Bertz CT molecular complexity index is 464. The number of rotatable bonds is 1. The van der Waals surface area contributed by atoms with Gasteiger partial charge in [0.25, 0.3) is 0 Å². The van der Waals surface area contributed by atoms with Crippen molar-refractivity contribution in [2.45, 2.75) is 6.42 Å². The molecule has 0 aromatic heterocycles. The lowest BCUT2D eigenvalue weighted by atomic mass is 10.3. The lowest BCUT2D eigenvalue weighted by molar-refractivity contribution is -0.119.